The van der Waals surface area contributed by atoms with Crippen molar-refractivity contribution in [3.05, 3.63) is 71.3 Å². The fourth-order valence-electron chi connectivity index (χ4n) is 3.11. The van der Waals surface area contributed by atoms with Crippen LogP contribution >= 0.6 is 0 Å². The molecule has 0 atom stereocenters. The van der Waals surface area contributed by atoms with Crippen LogP contribution in [0.1, 0.15) is 11.1 Å². The molecule has 1 heterocycles. The van der Waals surface area contributed by atoms with Gasteiger partial charge < -0.3 is 0 Å². The van der Waals surface area contributed by atoms with Crippen LogP contribution in [0, 0.1) is 11.6 Å². The lowest BCUT2D eigenvalue weighted by Crippen LogP contribution is -2.47. The van der Waals surface area contributed by atoms with Crippen molar-refractivity contribution in [3.63, 3.8) is 0 Å². The maximum atomic E-state index is 13.6. The maximum Gasteiger partial charge on any atom is 0.151 e. The van der Waals surface area contributed by atoms with Gasteiger partial charge in [0.2, 0.25) is 0 Å². The molecular weight excluding hydrogens is 322 g/mol. The molecule has 2 aromatic carbocycles. The SMILES string of the molecule is O=C(Cc1ccccc1F)CN1CCN(Cc2ccc(F)cc2)CC1. The molecule has 0 N–H and O–H groups in total. The minimum atomic E-state index is -0.319. The molecule has 1 saturated heterocycles. The number of ketones is 1. The summed E-state index contributed by atoms with van der Waals surface area (Å²) in [5.74, 6) is -0.501. The first-order chi connectivity index (χ1) is 12.1. The molecule has 3 nitrogen and oxygen atoms in total. The summed E-state index contributed by atoms with van der Waals surface area (Å²) in [7, 11) is 0. The number of nitrogens with zero attached hydrogens (tertiary/aromatic N) is 2. The monoisotopic (exact) mass is 344 g/mol. The van der Waals surface area contributed by atoms with Gasteiger partial charge in [0, 0.05) is 39.1 Å². The highest BCUT2D eigenvalue weighted by Gasteiger charge is 2.19. The molecule has 3 rings (SSSR count). The van der Waals surface area contributed by atoms with Gasteiger partial charge in [0.1, 0.15) is 11.6 Å². The zero-order valence-electron chi connectivity index (χ0n) is 14.1. The number of piperazine rings is 1. The molecule has 1 fully saturated rings. The molecule has 2 aromatic rings. The van der Waals surface area contributed by atoms with E-state index in [0.29, 0.717) is 12.1 Å². The average Bonchev–Trinajstić information content (AvgIpc) is 2.61. The molecule has 0 aliphatic carbocycles. The van der Waals surface area contributed by atoms with Crippen molar-refractivity contribution < 1.29 is 13.6 Å². The predicted molar refractivity (Wildman–Crippen MR) is 93.2 cm³/mol. The van der Waals surface area contributed by atoms with Crippen molar-refractivity contribution in [1.82, 2.24) is 9.80 Å². The Kier molecular flexibility index (Phi) is 5.89. The topological polar surface area (TPSA) is 23.6 Å². The Bertz CT molecular complexity index is 710. The molecule has 0 unspecified atom stereocenters. The second kappa shape index (κ2) is 8.32. The van der Waals surface area contributed by atoms with Crippen LogP contribution in [0.25, 0.3) is 0 Å². The van der Waals surface area contributed by atoms with E-state index in [1.165, 1.54) is 18.2 Å². The zero-order chi connectivity index (χ0) is 17.6. The van der Waals surface area contributed by atoms with Crippen molar-refractivity contribution in [1.29, 1.82) is 0 Å². The van der Waals surface area contributed by atoms with Gasteiger partial charge in [0.15, 0.2) is 5.78 Å². The van der Waals surface area contributed by atoms with E-state index in [1.807, 2.05) is 0 Å². The van der Waals surface area contributed by atoms with E-state index >= 15 is 0 Å². The summed E-state index contributed by atoms with van der Waals surface area (Å²) >= 11 is 0. The Hall–Kier alpha value is -2.11. The van der Waals surface area contributed by atoms with Crippen molar-refractivity contribution in [2.75, 3.05) is 32.7 Å². The number of carbonyl (C=O) groups excluding carboxylic acids is 1. The quantitative estimate of drug-likeness (QED) is 0.805. The number of halogens is 2. The minimum Gasteiger partial charge on any atom is -0.298 e. The molecule has 0 aromatic heterocycles. The lowest BCUT2D eigenvalue weighted by Gasteiger charge is -2.34. The van der Waals surface area contributed by atoms with Crippen LogP contribution in [0.4, 0.5) is 8.78 Å². The lowest BCUT2D eigenvalue weighted by atomic mass is 10.1. The van der Waals surface area contributed by atoms with Gasteiger partial charge in [-0.2, -0.15) is 0 Å². The minimum absolute atomic E-state index is 0.0390. The van der Waals surface area contributed by atoms with Gasteiger partial charge >= 0.3 is 0 Å². The van der Waals surface area contributed by atoms with E-state index < -0.39 is 0 Å². The third-order valence-corrected chi connectivity index (χ3v) is 4.53. The summed E-state index contributed by atoms with van der Waals surface area (Å²) in [4.78, 5) is 16.6. The zero-order valence-corrected chi connectivity index (χ0v) is 14.1. The van der Waals surface area contributed by atoms with Gasteiger partial charge in [-0.05, 0) is 29.3 Å². The Labute approximate surface area is 146 Å². The molecule has 1 aliphatic rings. The maximum absolute atomic E-state index is 13.6. The lowest BCUT2D eigenvalue weighted by molar-refractivity contribution is -0.120. The number of carbonyl (C=O) groups is 1. The van der Waals surface area contributed by atoms with Gasteiger partial charge in [-0.3, -0.25) is 14.6 Å². The fourth-order valence-corrected chi connectivity index (χ4v) is 3.11. The summed E-state index contributed by atoms with van der Waals surface area (Å²) in [6.45, 7) is 4.50. The second-order valence-corrected chi connectivity index (χ2v) is 6.49. The van der Waals surface area contributed by atoms with E-state index in [2.05, 4.69) is 9.80 Å². The van der Waals surface area contributed by atoms with Gasteiger partial charge in [-0.15, -0.1) is 0 Å². The predicted octanol–water partition coefficient (Wildman–Crippen LogP) is 2.89. The summed E-state index contributed by atoms with van der Waals surface area (Å²) in [6, 6.07) is 13.0. The van der Waals surface area contributed by atoms with Gasteiger partial charge in [-0.1, -0.05) is 30.3 Å². The van der Waals surface area contributed by atoms with Crippen molar-refractivity contribution >= 4 is 5.78 Å². The average molecular weight is 344 g/mol. The molecule has 25 heavy (non-hydrogen) atoms. The van der Waals surface area contributed by atoms with Gasteiger partial charge in [0.25, 0.3) is 0 Å². The standard InChI is InChI=1S/C20H22F2N2O/c21-18-7-5-16(6-8-18)14-23-9-11-24(12-10-23)15-19(25)13-17-3-1-2-4-20(17)22/h1-8H,9-15H2. The van der Waals surface area contributed by atoms with E-state index in [9.17, 15) is 13.6 Å². The summed E-state index contributed by atoms with van der Waals surface area (Å²) < 4.78 is 26.6. The molecule has 5 heteroatoms. The van der Waals surface area contributed by atoms with Crippen LogP contribution in [-0.2, 0) is 17.8 Å². The normalized spacial score (nSPS) is 16.1. The van der Waals surface area contributed by atoms with E-state index in [0.717, 1.165) is 38.3 Å². The molecule has 0 spiro atoms. The first kappa shape index (κ1) is 17.7. The van der Waals surface area contributed by atoms with E-state index in [4.69, 9.17) is 0 Å². The first-order valence-electron chi connectivity index (χ1n) is 8.54. The number of hydrogen-bond acceptors (Lipinski definition) is 3. The number of benzene rings is 2. The van der Waals surface area contributed by atoms with Crippen LogP contribution < -0.4 is 0 Å². The van der Waals surface area contributed by atoms with Crippen molar-refractivity contribution in [2.45, 2.75) is 13.0 Å². The van der Waals surface area contributed by atoms with Crippen LogP contribution in [0.15, 0.2) is 48.5 Å². The van der Waals surface area contributed by atoms with Crippen molar-refractivity contribution in [2.24, 2.45) is 0 Å². The molecule has 132 valence electrons. The third kappa shape index (κ3) is 5.18. The van der Waals surface area contributed by atoms with Gasteiger partial charge in [0.05, 0.1) is 6.54 Å². The van der Waals surface area contributed by atoms with Crippen LogP contribution in [0.2, 0.25) is 0 Å². The highest BCUT2D eigenvalue weighted by atomic mass is 19.1. The largest absolute Gasteiger partial charge is 0.298 e. The summed E-state index contributed by atoms with van der Waals surface area (Å²) in [5, 5.41) is 0. The summed E-state index contributed by atoms with van der Waals surface area (Å²) in [6.07, 6.45) is 0.141. The van der Waals surface area contributed by atoms with Crippen LogP contribution in [0.5, 0.6) is 0 Å². The smallest absolute Gasteiger partial charge is 0.151 e. The summed E-state index contributed by atoms with van der Waals surface area (Å²) in [5.41, 5.74) is 1.55. The Balaban J connectivity index is 1.43. The molecule has 0 amide bonds. The highest BCUT2D eigenvalue weighted by Crippen LogP contribution is 2.11. The molecule has 0 saturated carbocycles. The van der Waals surface area contributed by atoms with Crippen LogP contribution in [0.3, 0.4) is 0 Å². The Morgan fingerprint density at radius 1 is 0.880 bits per heavy atom. The number of rotatable bonds is 6. The molecule has 1 aliphatic heterocycles. The first-order valence-corrected chi connectivity index (χ1v) is 8.54. The van der Waals surface area contributed by atoms with Crippen molar-refractivity contribution in [3.8, 4) is 0 Å². The van der Waals surface area contributed by atoms with E-state index in [1.54, 1.807) is 30.3 Å². The highest BCUT2D eigenvalue weighted by molar-refractivity contribution is 5.82. The third-order valence-electron chi connectivity index (χ3n) is 4.53. The Morgan fingerprint density at radius 2 is 1.52 bits per heavy atom. The second-order valence-electron chi connectivity index (χ2n) is 6.49. The molecule has 0 radical (unpaired) electrons. The van der Waals surface area contributed by atoms with Gasteiger partial charge in [-0.25, -0.2) is 8.78 Å². The van der Waals surface area contributed by atoms with E-state index in [-0.39, 0.29) is 23.8 Å². The molecule has 0 bridgehead atoms. The number of hydrogen-bond donors (Lipinski definition) is 0. The number of Topliss-reactive ketones (excluding diaryl/α,β-unsaturated/α-hetero) is 1. The molecular formula is C20H22F2N2O. The van der Waals surface area contributed by atoms with Crippen LogP contribution in [-0.4, -0.2) is 48.3 Å². The fraction of sp³-hybridized carbons (Fsp3) is 0.350. The Morgan fingerprint density at radius 3 is 2.20 bits per heavy atom.